The first-order valence-electron chi connectivity index (χ1n) is 6.07. The number of hydrogen-bond donors (Lipinski definition) is 0. The molecule has 0 bridgehead atoms. The summed E-state index contributed by atoms with van der Waals surface area (Å²) >= 11 is 0. The van der Waals surface area contributed by atoms with E-state index in [0.717, 1.165) is 51.9 Å². The summed E-state index contributed by atoms with van der Waals surface area (Å²) in [6, 6.07) is 2.24. The van der Waals surface area contributed by atoms with Crippen LogP contribution in [-0.4, -0.2) is 48.9 Å². The summed E-state index contributed by atoms with van der Waals surface area (Å²) < 4.78 is 0. The molecule has 16 heavy (non-hydrogen) atoms. The maximum absolute atomic E-state index is 12.3. The fourth-order valence-electron chi connectivity index (χ4n) is 2.46. The van der Waals surface area contributed by atoms with E-state index in [0.29, 0.717) is 0 Å². The van der Waals surface area contributed by atoms with Gasteiger partial charge in [-0.15, -0.1) is 0 Å². The number of rotatable bonds is 1. The Morgan fingerprint density at radius 3 is 2.50 bits per heavy atom. The van der Waals surface area contributed by atoms with Crippen molar-refractivity contribution in [2.24, 2.45) is 5.41 Å². The molecule has 1 saturated heterocycles. The number of carbonyl (C=O) groups is 1. The van der Waals surface area contributed by atoms with Crippen molar-refractivity contribution in [3.05, 3.63) is 0 Å². The van der Waals surface area contributed by atoms with Gasteiger partial charge in [0.05, 0.1) is 6.07 Å². The van der Waals surface area contributed by atoms with Crippen molar-refractivity contribution in [2.45, 2.75) is 25.7 Å². The maximum Gasteiger partial charge on any atom is 0.243 e. The highest BCUT2D eigenvalue weighted by Gasteiger charge is 2.46. The Hall–Kier alpha value is -1.08. The molecule has 0 unspecified atom stereocenters. The predicted molar refractivity (Wildman–Crippen MR) is 60.6 cm³/mol. The van der Waals surface area contributed by atoms with E-state index in [9.17, 15) is 4.79 Å². The summed E-state index contributed by atoms with van der Waals surface area (Å²) in [7, 11) is 2.08. The fourth-order valence-corrected chi connectivity index (χ4v) is 2.46. The molecule has 0 N–H and O–H groups in total. The second-order valence-electron chi connectivity index (χ2n) is 5.00. The Balaban J connectivity index is 2.01. The van der Waals surface area contributed by atoms with E-state index in [4.69, 9.17) is 5.26 Å². The Morgan fingerprint density at radius 1 is 1.19 bits per heavy atom. The summed E-state index contributed by atoms with van der Waals surface area (Å²) in [4.78, 5) is 16.4. The minimum Gasteiger partial charge on any atom is -0.340 e. The summed E-state index contributed by atoms with van der Waals surface area (Å²) in [5.41, 5.74) is -0.664. The van der Waals surface area contributed by atoms with Crippen LogP contribution in [0.15, 0.2) is 0 Å². The third kappa shape index (κ3) is 1.92. The molecule has 88 valence electrons. The average molecular weight is 221 g/mol. The molecule has 4 nitrogen and oxygen atoms in total. The zero-order valence-corrected chi connectivity index (χ0v) is 9.91. The van der Waals surface area contributed by atoms with E-state index in [1.807, 2.05) is 4.90 Å². The summed E-state index contributed by atoms with van der Waals surface area (Å²) in [5, 5.41) is 9.15. The minimum atomic E-state index is -0.664. The fraction of sp³-hybridized carbons (Fsp3) is 0.833. The van der Waals surface area contributed by atoms with Crippen LogP contribution in [0.5, 0.6) is 0 Å². The monoisotopic (exact) mass is 221 g/mol. The molecule has 1 saturated carbocycles. The van der Waals surface area contributed by atoms with Gasteiger partial charge < -0.3 is 9.80 Å². The van der Waals surface area contributed by atoms with E-state index < -0.39 is 5.41 Å². The quantitative estimate of drug-likeness (QED) is 0.659. The number of nitrogens with zero attached hydrogens (tertiary/aromatic N) is 3. The van der Waals surface area contributed by atoms with Crippen molar-refractivity contribution in [2.75, 3.05) is 33.2 Å². The molecule has 4 heteroatoms. The topological polar surface area (TPSA) is 47.3 Å². The second kappa shape index (κ2) is 4.42. The molecule has 0 radical (unpaired) electrons. The van der Waals surface area contributed by atoms with Crippen LogP contribution in [0.1, 0.15) is 25.7 Å². The Labute approximate surface area is 96.8 Å². The van der Waals surface area contributed by atoms with E-state index in [1.165, 1.54) is 0 Å². The second-order valence-corrected chi connectivity index (χ2v) is 5.00. The molecule has 0 aromatic rings. The van der Waals surface area contributed by atoms with Crippen LogP contribution in [0.3, 0.4) is 0 Å². The first-order chi connectivity index (χ1) is 7.68. The van der Waals surface area contributed by atoms with Gasteiger partial charge in [-0.3, -0.25) is 4.79 Å². The van der Waals surface area contributed by atoms with Gasteiger partial charge in [-0.1, -0.05) is 0 Å². The lowest BCUT2D eigenvalue weighted by Gasteiger charge is -2.37. The van der Waals surface area contributed by atoms with Gasteiger partial charge in [0.1, 0.15) is 5.41 Å². The highest BCUT2D eigenvalue weighted by Crippen LogP contribution is 2.41. The van der Waals surface area contributed by atoms with Crippen molar-refractivity contribution >= 4 is 5.91 Å². The Morgan fingerprint density at radius 2 is 1.94 bits per heavy atom. The van der Waals surface area contributed by atoms with Crippen molar-refractivity contribution < 1.29 is 4.79 Å². The third-order valence-electron chi connectivity index (χ3n) is 3.84. The molecule has 2 aliphatic rings. The minimum absolute atomic E-state index is 0.0801. The molecule has 0 atom stereocenters. The normalized spacial score (nSPS) is 25.4. The number of nitriles is 1. The first kappa shape index (κ1) is 11.4. The molecule has 1 heterocycles. The van der Waals surface area contributed by atoms with E-state index in [-0.39, 0.29) is 5.91 Å². The summed E-state index contributed by atoms with van der Waals surface area (Å²) in [6.45, 7) is 3.56. The number of hydrogen-bond acceptors (Lipinski definition) is 3. The lowest BCUT2D eigenvalue weighted by atomic mass is 9.69. The average Bonchev–Trinajstić information content (AvgIpc) is 2.42. The number of amides is 1. The molecule has 1 aliphatic carbocycles. The molecule has 0 aromatic heterocycles. The van der Waals surface area contributed by atoms with Gasteiger partial charge in [0, 0.05) is 19.6 Å². The number of carbonyl (C=O) groups excluding carboxylic acids is 1. The largest absolute Gasteiger partial charge is 0.340 e. The van der Waals surface area contributed by atoms with Crippen LogP contribution in [0, 0.1) is 16.7 Å². The van der Waals surface area contributed by atoms with Gasteiger partial charge in [0.2, 0.25) is 5.91 Å². The standard InChI is InChI=1S/C12H19N3O/c1-14-6-3-7-15(9-8-14)11(16)12(10-13)4-2-5-12/h2-9H2,1H3. The van der Waals surface area contributed by atoms with Gasteiger partial charge >= 0.3 is 0 Å². The summed E-state index contributed by atoms with van der Waals surface area (Å²) in [6.07, 6.45) is 3.56. The molecule has 1 amide bonds. The van der Waals surface area contributed by atoms with Gasteiger partial charge in [0.25, 0.3) is 0 Å². The van der Waals surface area contributed by atoms with Crippen LogP contribution in [0.4, 0.5) is 0 Å². The van der Waals surface area contributed by atoms with E-state index in [2.05, 4.69) is 18.0 Å². The van der Waals surface area contributed by atoms with E-state index in [1.54, 1.807) is 0 Å². The van der Waals surface area contributed by atoms with Crippen LogP contribution < -0.4 is 0 Å². The van der Waals surface area contributed by atoms with E-state index >= 15 is 0 Å². The van der Waals surface area contributed by atoms with Crippen molar-refractivity contribution in [1.29, 1.82) is 5.26 Å². The zero-order chi connectivity index (χ0) is 11.6. The lowest BCUT2D eigenvalue weighted by molar-refractivity contribution is -0.142. The van der Waals surface area contributed by atoms with Gasteiger partial charge in [-0.05, 0) is 39.3 Å². The zero-order valence-electron chi connectivity index (χ0n) is 9.91. The molecular weight excluding hydrogens is 202 g/mol. The Kier molecular flexibility index (Phi) is 3.15. The lowest BCUT2D eigenvalue weighted by Crippen LogP contribution is -2.48. The molecule has 2 rings (SSSR count). The predicted octanol–water partition coefficient (Wildman–Crippen LogP) is 0.844. The highest BCUT2D eigenvalue weighted by molar-refractivity contribution is 5.86. The highest BCUT2D eigenvalue weighted by atomic mass is 16.2. The van der Waals surface area contributed by atoms with Gasteiger partial charge in [0.15, 0.2) is 0 Å². The number of likely N-dealkylation sites (N-methyl/N-ethyl adjacent to an activating group) is 1. The smallest absolute Gasteiger partial charge is 0.243 e. The van der Waals surface area contributed by atoms with Crippen molar-refractivity contribution in [3.8, 4) is 6.07 Å². The van der Waals surface area contributed by atoms with Crippen LogP contribution in [-0.2, 0) is 4.79 Å². The van der Waals surface area contributed by atoms with Crippen molar-refractivity contribution in [1.82, 2.24) is 9.80 Å². The SMILES string of the molecule is CN1CCCN(C(=O)C2(C#N)CCC2)CC1. The van der Waals surface area contributed by atoms with Gasteiger partial charge in [-0.25, -0.2) is 0 Å². The molecule has 0 aromatic carbocycles. The van der Waals surface area contributed by atoms with Gasteiger partial charge in [-0.2, -0.15) is 5.26 Å². The summed E-state index contributed by atoms with van der Waals surface area (Å²) in [5.74, 6) is 0.0801. The molecule has 1 aliphatic heterocycles. The molecule has 0 spiro atoms. The van der Waals surface area contributed by atoms with Crippen LogP contribution in [0.2, 0.25) is 0 Å². The Bertz CT molecular complexity index is 317. The third-order valence-corrected chi connectivity index (χ3v) is 3.84. The van der Waals surface area contributed by atoms with Crippen LogP contribution >= 0.6 is 0 Å². The molecule has 2 fully saturated rings. The molecular formula is C12H19N3O. The van der Waals surface area contributed by atoms with Crippen molar-refractivity contribution in [3.63, 3.8) is 0 Å². The first-order valence-corrected chi connectivity index (χ1v) is 6.07. The van der Waals surface area contributed by atoms with Crippen LogP contribution in [0.25, 0.3) is 0 Å². The maximum atomic E-state index is 12.3.